The molecule has 0 radical (unpaired) electrons. The van der Waals surface area contributed by atoms with Crippen LogP contribution in [0.3, 0.4) is 0 Å². The molecule has 0 aliphatic rings. The van der Waals surface area contributed by atoms with Crippen molar-refractivity contribution in [3.63, 3.8) is 0 Å². The predicted molar refractivity (Wildman–Crippen MR) is 51.4 cm³/mol. The highest BCUT2D eigenvalue weighted by atomic mass is 16.5. The minimum absolute atomic E-state index is 0.536. The van der Waals surface area contributed by atoms with Crippen LogP contribution in [0, 0.1) is 11.3 Å². The largest absolute Gasteiger partial charge is 0.468 e. The van der Waals surface area contributed by atoms with E-state index in [1.807, 2.05) is 12.1 Å². The molecule has 0 bridgehead atoms. The van der Waals surface area contributed by atoms with E-state index in [0.29, 0.717) is 5.56 Å². The maximum absolute atomic E-state index is 11.4. The lowest BCUT2D eigenvalue weighted by atomic mass is 9.84. The summed E-state index contributed by atoms with van der Waals surface area (Å²) in [6.07, 6.45) is 0. The van der Waals surface area contributed by atoms with Gasteiger partial charge in [0, 0.05) is 0 Å². The summed E-state index contributed by atoms with van der Waals surface area (Å²) < 4.78 is 4.60. The second-order valence-corrected chi connectivity index (χ2v) is 3.09. The van der Waals surface area contributed by atoms with Crippen LogP contribution in [0.15, 0.2) is 30.3 Å². The predicted octanol–water partition coefficient (Wildman–Crippen LogP) is 1.64. The second-order valence-electron chi connectivity index (χ2n) is 3.09. The molecule has 0 aliphatic heterocycles. The van der Waals surface area contributed by atoms with Crippen LogP contribution < -0.4 is 0 Å². The van der Waals surface area contributed by atoms with Crippen LogP contribution in [0.1, 0.15) is 12.5 Å². The van der Waals surface area contributed by atoms with Gasteiger partial charge in [0.25, 0.3) is 0 Å². The molecule has 0 saturated heterocycles. The fourth-order valence-corrected chi connectivity index (χ4v) is 1.20. The number of rotatable bonds is 2. The number of ether oxygens (including phenoxy) is 1. The highest BCUT2D eigenvalue weighted by molar-refractivity contribution is 5.86. The van der Waals surface area contributed by atoms with E-state index in [2.05, 4.69) is 4.74 Å². The molecule has 14 heavy (non-hydrogen) atoms. The molecule has 0 aliphatic carbocycles. The fraction of sp³-hybridized carbons (Fsp3) is 0.273. The molecule has 1 aromatic carbocycles. The molecule has 1 unspecified atom stereocenters. The number of nitriles is 1. The Bertz CT molecular complexity index is 367. The highest BCUT2D eigenvalue weighted by Crippen LogP contribution is 2.23. The van der Waals surface area contributed by atoms with Gasteiger partial charge in [0.15, 0.2) is 5.41 Å². The molecule has 0 aromatic heterocycles. The molecule has 1 rings (SSSR count). The summed E-state index contributed by atoms with van der Waals surface area (Å²) >= 11 is 0. The summed E-state index contributed by atoms with van der Waals surface area (Å²) in [6, 6.07) is 10.8. The first kappa shape index (κ1) is 10.3. The first-order chi connectivity index (χ1) is 6.65. The average Bonchev–Trinajstić information content (AvgIpc) is 2.28. The number of carbonyl (C=O) groups is 1. The van der Waals surface area contributed by atoms with E-state index >= 15 is 0 Å². The number of hydrogen-bond acceptors (Lipinski definition) is 3. The quantitative estimate of drug-likeness (QED) is 0.664. The lowest BCUT2D eigenvalue weighted by Crippen LogP contribution is -2.31. The van der Waals surface area contributed by atoms with Crippen molar-refractivity contribution in [3.05, 3.63) is 35.9 Å². The number of methoxy groups -OCH3 is 1. The monoisotopic (exact) mass is 189 g/mol. The molecule has 1 atom stereocenters. The van der Waals surface area contributed by atoms with Crippen LogP contribution in [0.4, 0.5) is 0 Å². The molecule has 0 amide bonds. The smallest absolute Gasteiger partial charge is 0.330 e. The molecular weight excluding hydrogens is 178 g/mol. The zero-order chi connectivity index (χ0) is 10.6. The van der Waals surface area contributed by atoms with Gasteiger partial charge in [-0.2, -0.15) is 5.26 Å². The average molecular weight is 189 g/mol. The Morgan fingerprint density at radius 1 is 1.43 bits per heavy atom. The molecule has 0 spiro atoms. The van der Waals surface area contributed by atoms with Crippen LogP contribution in [-0.4, -0.2) is 13.1 Å². The van der Waals surface area contributed by atoms with E-state index in [0.717, 1.165) is 0 Å². The van der Waals surface area contributed by atoms with Gasteiger partial charge in [-0.1, -0.05) is 30.3 Å². The molecule has 0 fully saturated rings. The van der Waals surface area contributed by atoms with Crippen molar-refractivity contribution < 1.29 is 9.53 Å². The second kappa shape index (κ2) is 3.93. The number of nitrogens with zero attached hydrogens (tertiary/aromatic N) is 1. The van der Waals surface area contributed by atoms with Crippen molar-refractivity contribution in [1.29, 1.82) is 5.26 Å². The normalized spacial score (nSPS) is 13.8. The lowest BCUT2D eigenvalue weighted by molar-refractivity contribution is -0.144. The zero-order valence-electron chi connectivity index (χ0n) is 8.15. The summed E-state index contributed by atoms with van der Waals surface area (Å²) in [4.78, 5) is 11.4. The zero-order valence-corrected chi connectivity index (χ0v) is 8.15. The molecule has 1 aromatic rings. The summed E-state index contributed by atoms with van der Waals surface area (Å²) in [5.41, 5.74) is -0.565. The number of benzene rings is 1. The third-order valence-electron chi connectivity index (χ3n) is 2.17. The van der Waals surface area contributed by atoms with Crippen molar-refractivity contribution in [2.45, 2.75) is 12.3 Å². The van der Waals surface area contributed by atoms with Gasteiger partial charge in [-0.05, 0) is 12.5 Å². The third-order valence-corrected chi connectivity index (χ3v) is 2.17. The molecule has 3 heteroatoms. The topological polar surface area (TPSA) is 50.1 Å². The van der Waals surface area contributed by atoms with Crippen LogP contribution in [-0.2, 0) is 14.9 Å². The standard InChI is InChI=1S/C11H11NO2/c1-11(8-12,10(13)14-2)9-6-4-3-5-7-9/h3-7H,1-2H3. The molecule has 0 N–H and O–H groups in total. The maximum atomic E-state index is 11.4. The van der Waals surface area contributed by atoms with E-state index in [-0.39, 0.29) is 0 Å². The Morgan fingerprint density at radius 2 is 2.00 bits per heavy atom. The van der Waals surface area contributed by atoms with Crippen molar-refractivity contribution in [3.8, 4) is 6.07 Å². The number of esters is 1. The Kier molecular flexibility index (Phi) is 2.88. The van der Waals surface area contributed by atoms with Crippen molar-refractivity contribution in [2.24, 2.45) is 0 Å². The van der Waals surface area contributed by atoms with Gasteiger partial charge < -0.3 is 4.74 Å². The minimum Gasteiger partial charge on any atom is -0.468 e. The fourth-order valence-electron chi connectivity index (χ4n) is 1.20. The van der Waals surface area contributed by atoms with E-state index in [4.69, 9.17) is 5.26 Å². The van der Waals surface area contributed by atoms with Crippen molar-refractivity contribution in [2.75, 3.05) is 7.11 Å². The van der Waals surface area contributed by atoms with Crippen LogP contribution >= 0.6 is 0 Å². The molecule has 0 saturated carbocycles. The maximum Gasteiger partial charge on any atom is 0.330 e. The third kappa shape index (κ3) is 1.60. The Balaban J connectivity index is 3.17. The van der Waals surface area contributed by atoms with E-state index in [9.17, 15) is 4.79 Å². The molecule has 0 heterocycles. The Labute approximate surface area is 82.9 Å². The molecule has 72 valence electrons. The highest BCUT2D eigenvalue weighted by Gasteiger charge is 2.36. The molecular formula is C11H11NO2. The van der Waals surface area contributed by atoms with Crippen LogP contribution in [0.25, 0.3) is 0 Å². The summed E-state index contributed by atoms with van der Waals surface area (Å²) in [7, 11) is 1.28. The van der Waals surface area contributed by atoms with E-state index in [1.54, 1.807) is 31.2 Å². The lowest BCUT2D eigenvalue weighted by Gasteiger charge is -2.18. The van der Waals surface area contributed by atoms with Crippen LogP contribution in [0.5, 0.6) is 0 Å². The van der Waals surface area contributed by atoms with Crippen molar-refractivity contribution in [1.82, 2.24) is 0 Å². The van der Waals surface area contributed by atoms with Crippen LogP contribution in [0.2, 0.25) is 0 Å². The first-order valence-corrected chi connectivity index (χ1v) is 4.20. The molecule has 3 nitrogen and oxygen atoms in total. The van der Waals surface area contributed by atoms with E-state index in [1.165, 1.54) is 7.11 Å². The number of carbonyl (C=O) groups excluding carboxylic acids is 1. The minimum atomic E-state index is -1.21. The van der Waals surface area contributed by atoms with Crippen molar-refractivity contribution >= 4 is 5.97 Å². The van der Waals surface area contributed by atoms with Gasteiger partial charge in [0.05, 0.1) is 13.2 Å². The van der Waals surface area contributed by atoms with Gasteiger partial charge in [0.1, 0.15) is 0 Å². The SMILES string of the molecule is COC(=O)C(C)(C#N)c1ccccc1. The summed E-state index contributed by atoms with van der Waals surface area (Å²) in [5.74, 6) is -0.536. The first-order valence-electron chi connectivity index (χ1n) is 4.20. The van der Waals surface area contributed by atoms with E-state index < -0.39 is 11.4 Å². The van der Waals surface area contributed by atoms with Gasteiger partial charge in [-0.3, -0.25) is 0 Å². The Hall–Kier alpha value is -1.82. The Morgan fingerprint density at radius 3 is 2.43 bits per heavy atom. The van der Waals surface area contributed by atoms with Gasteiger partial charge >= 0.3 is 5.97 Å². The summed E-state index contributed by atoms with van der Waals surface area (Å²) in [6.45, 7) is 1.55. The van der Waals surface area contributed by atoms with Gasteiger partial charge in [-0.25, -0.2) is 4.79 Å². The summed E-state index contributed by atoms with van der Waals surface area (Å²) in [5, 5.41) is 8.99. The van der Waals surface area contributed by atoms with Gasteiger partial charge in [-0.15, -0.1) is 0 Å². The number of hydrogen-bond donors (Lipinski definition) is 0. The van der Waals surface area contributed by atoms with Gasteiger partial charge in [0.2, 0.25) is 0 Å².